The molecule has 1 fully saturated rings. The van der Waals surface area contributed by atoms with Crippen LogP contribution in [-0.4, -0.2) is 25.8 Å². The molecular weight excluding hydrogens is 612 g/mol. The van der Waals surface area contributed by atoms with Gasteiger partial charge in [0.15, 0.2) is 0 Å². The van der Waals surface area contributed by atoms with E-state index in [0.29, 0.717) is 23.2 Å². The summed E-state index contributed by atoms with van der Waals surface area (Å²) in [5.41, 5.74) is 5.75. The first-order valence-electron chi connectivity index (χ1n) is 16.6. The van der Waals surface area contributed by atoms with Gasteiger partial charge in [-0.05, 0) is 80.5 Å². The van der Waals surface area contributed by atoms with E-state index in [1.54, 1.807) is 19.3 Å². The number of benzene rings is 3. The molecule has 0 bridgehead atoms. The molecule has 2 unspecified atom stereocenters. The van der Waals surface area contributed by atoms with Crippen LogP contribution in [0.3, 0.4) is 0 Å². The summed E-state index contributed by atoms with van der Waals surface area (Å²) in [4.78, 5) is 14.2. The molecule has 0 amide bonds. The number of hydrogen-bond acceptors (Lipinski definition) is 8. The zero-order chi connectivity index (χ0) is 37.6. The van der Waals surface area contributed by atoms with E-state index in [9.17, 15) is 4.79 Å². The van der Waals surface area contributed by atoms with E-state index in [1.807, 2.05) is 56.3 Å². The number of aryl methyl sites for hydroxylation is 2. The fraction of sp³-hybridized carbons (Fsp3) is 0.463. The van der Waals surface area contributed by atoms with Crippen LogP contribution in [0, 0.1) is 59.2 Å². The van der Waals surface area contributed by atoms with Gasteiger partial charge in [0.2, 0.25) is 6.08 Å². The van der Waals surface area contributed by atoms with Crippen molar-refractivity contribution in [2.75, 3.05) is 13.7 Å². The van der Waals surface area contributed by atoms with Crippen molar-refractivity contribution in [2.45, 2.75) is 100 Å². The van der Waals surface area contributed by atoms with Crippen LogP contribution in [0.5, 0.6) is 5.75 Å². The Kier molecular flexibility index (Phi) is 26.3. The SMILES string of the molecule is CC.CCC1(C)CC(N=C=O)CC(C)(C)C1.CCOC#N.COC#N.Cc1ccc(Cc2ccc(OC#N)cc2)cc1.Cc1ccccc1. The lowest BCUT2D eigenvalue weighted by molar-refractivity contribution is 0.0809. The fourth-order valence-electron chi connectivity index (χ4n) is 5.28. The standard InChI is InChI=1S/C15H13NO.C12H21NO.C7H8.C3H5NO.C2H3NO.C2H6/c1-12-2-4-13(5-3-12)10-14-6-8-15(9-7-14)17-11-16;1-5-12(4)7-10(13-9-14)6-11(2,3)8-12;1-7-5-3-2-4-6-7;1-2-5-3-4;1-4-2-3;1-2/h2-9H,10H2,1H3;10H,5-8H2,1-4H3;2-6H,1H3;2H2,1H3;1H3;1-2H3. The molecule has 2 atom stereocenters. The predicted molar refractivity (Wildman–Crippen MR) is 197 cm³/mol. The van der Waals surface area contributed by atoms with Crippen molar-refractivity contribution < 1.29 is 19.0 Å². The van der Waals surface area contributed by atoms with Crippen molar-refractivity contribution >= 4 is 6.08 Å². The van der Waals surface area contributed by atoms with Gasteiger partial charge in [-0.25, -0.2) is 9.79 Å². The van der Waals surface area contributed by atoms with E-state index in [0.717, 1.165) is 19.3 Å². The van der Waals surface area contributed by atoms with Crippen LogP contribution in [-0.2, 0) is 20.7 Å². The molecule has 1 aliphatic rings. The third-order valence-corrected chi connectivity index (χ3v) is 7.37. The number of rotatable bonds is 6. The number of ether oxygens (including phenoxy) is 3. The molecule has 264 valence electrons. The van der Waals surface area contributed by atoms with Gasteiger partial charge in [-0.15, -0.1) is 5.26 Å². The van der Waals surface area contributed by atoms with Crippen LogP contribution in [0.2, 0.25) is 0 Å². The maximum Gasteiger partial charge on any atom is 0.292 e. The van der Waals surface area contributed by atoms with Crippen molar-refractivity contribution in [2.24, 2.45) is 15.8 Å². The molecule has 0 saturated heterocycles. The van der Waals surface area contributed by atoms with Crippen LogP contribution in [0.4, 0.5) is 0 Å². The first kappa shape index (κ1) is 46.0. The number of carbonyl (C=O) groups excluding carboxylic acids is 1. The van der Waals surface area contributed by atoms with Gasteiger partial charge in [-0.2, -0.15) is 10.5 Å². The summed E-state index contributed by atoms with van der Waals surface area (Å²) in [6.07, 6.45) is 11.7. The zero-order valence-electron chi connectivity index (χ0n) is 31.2. The van der Waals surface area contributed by atoms with Crippen molar-refractivity contribution in [3.8, 4) is 24.5 Å². The maximum atomic E-state index is 10.3. The maximum absolute atomic E-state index is 10.3. The average molecular weight is 669 g/mol. The highest BCUT2D eigenvalue weighted by Gasteiger charge is 2.40. The summed E-state index contributed by atoms with van der Waals surface area (Å²) in [6.45, 7) is 19.5. The summed E-state index contributed by atoms with van der Waals surface area (Å²) in [5.74, 6) is 0.583. The molecule has 8 nitrogen and oxygen atoms in total. The van der Waals surface area contributed by atoms with Gasteiger partial charge in [-0.3, -0.25) is 0 Å². The van der Waals surface area contributed by atoms with E-state index < -0.39 is 0 Å². The molecule has 0 radical (unpaired) electrons. The van der Waals surface area contributed by atoms with Gasteiger partial charge in [0.1, 0.15) is 5.75 Å². The minimum Gasteiger partial charge on any atom is -0.431 e. The van der Waals surface area contributed by atoms with Crippen LogP contribution in [0.25, 0.3) is 0 Å². The van der Waals surface area contributed by atoms with E-state index in [4.69, 9.17) is 20.5 Å². The zero-order valence-corrected chi connectivity index (χ0v) is 31.2. The smallest absolute Gasteiger partial charge is 0.292 e. The molecule has 8 heteroatoms. The molecular formula is C41H56N4O4. The normalized spacial score (nSPS) is 15.9. The molecule has 1 aliphatic carbocycles. The van der Waals surface area contributed by atoms with Crippen LogP contribution >= 0.6 is 0 Å². The quantitative estimate of drug-likeness (QED) is 0.145. The molecule has 1 saturated carbocycles. The molecule has 4 rings (SSSR count). The minimum atomic E-state index is 0.196. The van der Waals surface area contributed by atoms with Crippen molar-refractivity contribution in [1.29, 1.82) is 15.8 Å². The second kappa shape index (κ2) is 28.0. The monoisotopic (exact) mass is 668 g/mol. The third-order valence-electron chi connectivity index (χ3n) is 7.37. The Balaban J connectivity index is 0. The number of aliphatic imine (C=N–C) groups is 1. The van der Waals surface area contributed by atoms with E-state index in [-0.39, 0.29) is 6.04 Å². The van der Waals surface area contributed by atoms with Gasteiger partial charge in [0, 0.05) is 0 Å². The minimum absolute atomic E-state index is 0.196. The first-order chi connectivity index (χ1) is 23.4. The highest BCUT2D eigenvalue weighted by Crippen LogP contribution is 2.48. The summed E-state index contributed by atoms with van der Waals surface area (Å²) >= 11 is 0. The Morgan fingerprint density at radius 1 is 0.776 bits per heavy atom. The topological polar surface area (TPSA) is 128 Å². The number of nitrogens with zero attached hydrogens (tertiary/aromatic N) is 4. The Labute approximate surface area is 296 Å². The fourth-order valence-corrected chi connectivity index (χ4v) is 5.28. The van der Waals surface area contributed by atoms with E-state index in [1.165, 1.54) is 54.7 Å². The van der Waals surface area contributed by atoms with Gasteiger partial charge < -0.3 is 14.2 Å². The highest BCUT2D eigenvalue weighted by atomic mass is 16.5. The number of methoxy groups -OCH3 is 1. The largest absolute Gasteiger partial charge is 0.431 e. The summed E-state index contributed by atoms with van der Waals surface area (Å²) in [6, 6.07) is 26.5. The molecule has 49 heavy (non-hydrogen) atoms. The van der Waals surface area contributed by atoms with Gasteiger partial charge in [-0.1, -0.05) is 126 Å². The molecule has 0 heterocycles. The Hall–Kier alpha value is -5.09. The third kappa shape index (κ3) is 23.8. The lowest BCUT2D eigenvalue weighted by Crippen LogP contribution is -2.37. The molecule has 3 aromatic rings. The second-order valence-electron chi connectivity index (χ2n) is 12.3. The molecule has 0 aliphatic heterocycles. The van der Waals surface area contributed by atoms with E-state index >= 15 is 0 Å². The number of hydrogen-bond donors (Lipinski definition) is 0. The Morgan fingerprint density at radius 3 is 1.65 bits per heavy atom. The lowest BCUT2D eigenvalue weighted by Gasteiger charge is -2.44. The Morgan fingerprint density at radius 2 is 1.29 bits per heavy atom. The molecule has 0 N–H and O–H groups in total. The van der Waals surface area contributed by atoms with Crippen molar-refractivity contribution in [1.82, 2.24) is 0 Å². The van der Waals surface area contributed by atoms with Crippen LogP contribution in [0.15, 0.2) is 83.9 Å². The molecule has 0 spiro atoms. The van der Waals surface area contributed by atoms with Crippen molar-refractivity contribution in [3.63, 3.8) is 0 Å². The summed E-state index contributed by atoms with van der Waals surface area (Å²) < 4.78 is 12.7. The Bertz CT molecular complexity index is 1430. The lowest BCUT2D eigenvalue weighted by atomic mass is 9.62. The summed E-state index contributed by atoms with van der Waals surface area (Å²) in [5, 5.41) is 23.4. The highest BCUT2D eigenvalue weighted by molar-refractivity contribution is 5.34. The number of isocyanates is 1. The number of nitriles is 3. The van der Waals surface area contributed by atoms with Crippen LogP contribution in [0.1, 0.15) is 96.4 Å². The molecule has 0 aromatic heterocycles. The predicted octanol–water partition coefficient (Wildman–Crippen LogP) is 10.4. The van der Waals surface area contributed by atoms with Crippen LogP contribution < -0.4 is 4.74 Å². The van der Waals surface area contributed by atoms with Gasteiger partial charge in [0.25, 0.3) is 18.8 Å². The second-order valence-corrected chi connectivity index (χ2v) is 12.3. The summed E-state index contributed by atoms with van der Waals surface area (Å²) in [7, 11) is 1.32. The van der Waals surface area contributed by atoms with E-state index in [2.05, 4.69) is 92.4 Å². The van der Waals surface area contributed by atoms with Crippen molar-refractivity contribution in [3.05, 3.63) is 101 Å². The average Bonchev–Trinajstić information content (AvgIpc) is 3.09. The molecule has 3 aromatic carbocycles. The van der Waals surface area contributed by atoms with Gasteiger partial charge >= 0.3 is 0 Å². The first-order valence-corrected chi connectivity index (χ1v) is 16.6. The van der Waals surface area contributed by atoms with Gasteiger partial charge in [0.05, 0.1) is 19.8 Å².